The number of hydrogen-bond acceptors (Lipinski definition) is 5. The third kappa shape index (κ3) is 4.90. The van der Waals surface area contributed by atoms with Crippen LogP contribution < -0.4 is 10.6 Å². The summed E-state index contributed by atoms with van der Waals surface area (Å²) in [7, 11) is 0. The van der Waals surface area contributed by atoms with Crippen LogP contribution in [0.1, 0.15) is 25.6 Å². The van der Waals surface area contributed by atoms with E-state index in [1.54, 1.807) is 0 Å². The van der Waals surface area contributed by atoms with Crippen molar-refractivity contribution in [1.82, 2.24) is 20.8 Å². The third-order valence-electron chi connectivity index (χ3n) is 2.08. The first-order valence-corrected chi connectivity index (χ1v) is 5.43. The first kappa shape index (κ1) is 12.1. The van der Waals surface area contributed by atoms with Crippen LogP contribution >= 0.6 is 0 Å². The maximum Gasteiger partial charge on any atom is 0.240 e. The van der Waals surface area contributed by atoms with Crippen molar-refractivity contribution in [2.24, 2.45) is 5.92 Å². The molecule has 15 heavy (non-hydrogen) atoms. The minimum Gasteiger partial charge on any atom is -0.338 e. The molecule has 1 rings (SSSR count). The highest BCUT2D eigenvalue weighted by Crippen LogP contribution is 1.96. The van der Waals surface area contributed by atoms with Gasteiger partial charge in [-0.1, -0.05) is 19.0 Å². The molecule has 0 saturated heterocycles. The normalized spacial score (nSPS) is 13.0. The molecule has 0 bridgehead atoms. The summed E-state index contributed by atoms with van der Waals surface area (Å²) in [4.78, 5) is 4.11. The Morgan fingerprint density at radius 2 is 2.07 bits per heavy atom. The lowest BCUT2D eigenvalue weighted by atomic mass is 10.2. The topological polar surface area (TPSA) is 63.0 Å². The standard InChI is InChI=1S/C10H20N4O/c1-4-11-5-8(2)6-12-7-10-13-9(3)14-15-10/h8,11-12H,4-7H2,1-3H3. The van der Waals surface area contributed by atoms with Gasteiger partial charge in [-0.3, -0.25) is 0 Å². The molecule has 0 aliphatic rings. The summed E-state index contributed by atoms with van der Waals surface area (Å²) in [5.41, 5.74) is 0. The van der Waals surface area contributed by atoms with E-state index in [4.69, 9.17) is 4.52 Å². The van der Waals surface area contributed by atoms with Gasteiger partial charge in [0, 0.05) is 0 Å². The number of aromatic nitrogens is 2. The summed E-state index contributed by atoms with van der Waals surface area (Å²) in [5.74, 6) is 1.95. The molecule has 0 amide bonds. The van der Waals surface area contributed by atoms with E-state index in [0.717, 1.165) is 19.6 Å². The molecule has 5 heteroatoms. The maximum atomic E-state index is 4.99. The summed E-state index contributed by atoms with van der Waals surface area (Å²) in [6.45, 7) is 9.79. The molecule has 0 fully saturated rings. The average molecular weight is 212 g/mol. The van der Waals surface area contributed by atoms with Gasteiger partial charge in [0.1, 0.15) is 0 Å². The van der Waals surface area contributed by atoms with E-state index in [0.29, 0.717) is 24.2 Å². The lowest BCUT2D eigenvalue weighted by Gasteiger charge is -2.11. The first-order valence-electron chi connectivity index (χ1n) is 5.43. The van der Waals surface area contributed by atoms with Crippen LogP contribution in [0, 0.1) is 12.8 Å². The number of nitrogens with one attached hydrogen (secondary N) is 2. The fraction of sp³-hybridized carbons (Fsp3) is 0.800. The van der Waals surface area contributed by atoms with Crippen molar-refractivity contribution in [3.05, 3.63) is 11.7 Å². The summed E-state index contributed by atoms with van der Waals surface area (Å²) >= 11 is 0. The first-order chi connectivity index (χ1) is 7.22. The maximum absolute atomic E-state index is 4.99. The van der Waals surface area contributed by atoms with Crippen LogP contribution in [0.25, 0.3) is 0 Å². The zero-order valence-corrected chi connectivity index (χ0v) is 9.71. The van der Waals surface area contributed by atoms with Gasteiger partial charge >= 0.3 is 0 Å². The van der Waals surface area contributed by atoms with Gasteiger partial charge in [-0.2, -0.15) is 4.98 Å². The zero-order valence-electron chi connectivity index (χ0n) is 9.71. The highest BCUT2D eigenvalue weighted by molar-refractivity contribution is 4.81. The summed E-state index contributed by atoms with van der Waals surface area (Å²) in [5, 5.41) is 10.3. The molecule has 0 aliphatic heterocycles. The summed E-state index contributed by atoms with van der Waals surface area (Å²) in [6.07, 6.45) is 0. The van der Waals surface area contributed by atoms with Gasteiger partial charge < -0.3 is 15.2 Å². The van der Waals surface area contributed by atoms with Gasteiger partial charge in [0.15, 0.2) is 5.82 Å². The Hall–Kier alpha value is -0.940. The molecular formula is C10H20N4O. The van der Waals surface area contributed by atoms with Crippen molar-refractivity contribution in [3.63, 3.8) is 0 Å². The molecule has 0 aliphatic carbocycles. The Kier molecular flexibility index (Phi) is 5.28. The van der Waals surface area contributed by atoms with Crippen LogP contribution in [0.5, 0.6) is 0 Å². The Balaban J connectivity index is 2.10. The molecule has 1 heterocycles. The second kappa shape index (κ2) is 6.53. The van der Waals surface area contributed by atoms with Gasteiger partial charge in [-0.25, -0.2) is 0 Å². The van der Waals surface area contributed by atoms with E-state index in [9.17, 15) is 0 Å². The molecule has 1 atom stereocenters. The van der Waals surface area contributed by atoms with Crippen LogP contribution in [0.2, 0.25) is 0 Å². The van der Waals surface area contributed by atoms with Crippen LogP contribution in [-0.2, 0) is 6.54 Å². The van der Waals surface area contributed by atoms with E-state index in [-0.39, 0.29) is 0 Å². The highest BCUT2D eigenvalue weighted by atomic mass is 16.5. The lowest BCUT2D eigenvalue weighted by molar-refractivity contribution is 0.358. The number of aryl methyl sites for hydroxylation is 1. The molecule has 0 radical (unpaired) electrons. The molecule has 0 saturated carbocycles. The molecule has 86 valence electrons. The fourth-order valence-corrected chi connectivity index (χ4v) is 1.30. The molecule has 1 aromatic rings. The Bertz CT molecular complexity index is 274. The zero-order chi connectivity index (χ0) is 11.1. The Morgan fingerprint density at radius 1 is 1.33 bits per heavy atom. The van der Waals surface area contributed by atoms with Crippen molar-refractivity contribution < 1.29 is 4.52 Å². The Labute approximate surface area is 90.6 Å². The highest BCUT2D eigenvalue weighted by Gasteiger charge is 2.04. The molecule has 1 unspecified atom stereocenters. The van der Waals surface area contributed by atoms with E-state index in [2.05, 4.69) is 34.6 Å². The minimum absolute atomic E-state index is 0.606. The van der Waals surface area contributed by atoms with E-state index >= 15 is 0 Å². The SMILES string of the molecule is CCNCC(C)CNCc1nc(C)no1. The van der Waals surface area contributed by atoms with E-state index in [1.807, 2.05) is 6.92 Å². The fourth-order valence-electron chi connectivity index (χ4n) is 1.30. The quantitative estimate of drug-likeness (QED) is 0.697. The summed E-state index contributed by atoms with van der Waals surface area (Å²) in [6, 6.07) is 0. The predicted octanol–water partition coefficient (Wildman–Crippen LogP) is 0.713. The largest absolute Gasteiger partial charge is 0.338 e. The van der Waals surface area contributed by atoms with Crippen LogP contribution in [-0.4, -0.2) is 29.8 Å². The van der Waals surface area contributed by atoms with Crippen molar-refractivity contribution in [1.29, 1.82) is 0 Å². The second-order valence-electron chi connectivity index (χ2n) is 3.78. The molecule has 0 aromatic carbocycles. The van der Waals surface area contributed by atoms with Crippen molar-refractivity contribution in [2.45, 2.75) is 27.3 Å². The van der Waals surface area contributed by atoms with Gasteiger partial charge in [-0.05, 0) is 32.5 Å². The number of rotatable bonds is 7. The lowest BCUT2D eigenvalue weighted by Crippen LogP contribution is -2.29. The van der Waals surface area contributed by atoms with E-state index in [1.165, 1.54) is 0 Å². The van der Waals surface area contributed by atoms with Crippen molar-refractivity contribution in [2.75, 3.05) is 19.6 Å². The Morgan fingerprint density at radius 3 is 2.67 bits per heavy atom. The predicted molar refractivity (Wildman–Crippen MR) is 58.4 cm³/mol. The van der Waals surface area contributed by atoms with Crippen LogP contribution in [0.15, 0.2) is 4.52 Å². The second-order valence-corrected chi connectivity index (χ2v) is 3.78. The van der Waals surface area contributed by atoms with Crippen LogP contribution in [0.3, 0.4) is 0 Å². The van der Waals surface area contributed by atoms with E-state index < -0.39 is 0 Å². The molecule has 0 spiro atoms. The average Bonchev–Trinajstić information content (AvgIpc) is 2.61. The molecule has 2 N–H and O–H groups in total. The van der Waals surface area contributed by atoms with Crippen molar-refractivity contribution in [3.8, 4) is 0 Å². The van der Waals surface area contributed by atoms with Crippen molar-refractivity contribution >= 4 is 0 Å². The molecular weight excluding hydrogens is 192 g/mol. The van der Waals surface area contributed by atoms with Crippen LogP contribution in [0.4, 0.5) is 0 Å². The molecule has 1 aromatic heterocycles. The summed E-state index contributed by atoms with van der Waals surface area (Å²) < 4.78 is 4.99. The minimum atomic E-state index is 0.606. The van der Waals surface area contributed by atoms with Gasteiger partial charge in [0.05, 0.1) is 6.54 Å². The van der Waals surface area contributed by atoms with Gasteiger partial charge in [-0.15, -0.1) is 0 Å². The molecule has 5 nitrogen and oxygen atoms in total. The van der Waals surface area contributed by atoms with Gasteiger partial charge in [0.25, 0.3) is 0 Å². The monoisotopic (exact) mass is 212 g/mol. The van der Waals surface area contributed by atoms with Gasteiger partial charge in [0.2, 0.25) is 5.89 Å². The smallest absolute Gasteiger partial charge is 0.240 e. The number of hydrogen-bond donors (Lipinski definition) is 2. The third-order valence-corrected chi connectivity index (χ3v) is 2.08. The number of nitrogens with zero attached hydrogens (tertiary/aromatic N) is 2.